The van der Waals surface area contributed by atoms with Crippen molar-refractivity contribution in [3.8, 4) is 22.3 Å². The maximum atomic E-state index is 6.73. The van der Waals surface area contributed by atoms with Crippen molar-refractivity contribution in [2.24, 2.45) is 0 Å². The van der Waals surface area contributed by atoms with Crippen molar-refractivity contribution in [3.05, 3.63) is 188 Å². The van der Waals surface area contributed by atoms with Crippen LogP contribution in [-0.2, 0) is 0 Å². The molecular weight excluding hydrogens is 647 g/mol. The normalized spacial score (nSPS) is 11.8. The van der Waals surface area contributed by atoms with Gasteiger partial charge in [-0.2, -0.15) is 0 Å². The summed E-state index contributed by atoms with van der Waals surface area (Å²) >= 11 is 0. The Morgan fingerprint density at radius 2 is 0.925 bits per heavy atom. The molecule has 11 aromatic rings. The van der Waals surface area contributed by atoms with Crippen LogP contribution in [0.25, 0.3) is 87.7 Å². The summed E-state index contributed by atoms with van der Waals surface area (Å²) in [6, 6.07) is 66.8. The van der Waals surface area contributed by atoms with Crippen LogP contribution >= 0.6 is 0 Å². The van der Waals surface area contributed by atoms with E-state index in [0.29, 0.717) is 0 Å². The summed E-state index contributed by atoms with van der Waals surface area (Å²) in [5, 5.41) is 9.14. The molecule has 9 aromatic carbocycles. The van der Waals surface area contributed by atoms with Crippen molar-refractivity contribution in [2.45, 2.75) is 0 Å². The van der Waals surface area contributed by atoms with Gasteiger partial charge in [0.05, 0.1) is 0 Å². The van der Waals surface area contributed by atoms with E-state index in [1.807, 2.05) is 12.1 Å². The summed E-state index contributed by atoms with van der Waals surface area (Å²) in [6.07, 6.45) is 0. The molecule has 0 atom stereocenters. The molecule has 0 aliphatic carbocycles. The fourth-order valence-corrected chi connectivity index (χ4v) is 8.06. The van der Waals surface area contributed by atoms with Crippen molar-refractivity contribution in [1.29, 1.82) is 0 Å². The number of hydrogen-bond donors (Lipinski definition) is 0. The third-order valence-corrected chi connectivity index (χ3v) is 10.6. The zero-order valence-corrected chi connectivity index (χ0v) is 28.7. The molecule has 0 saturated carbocycles. The number of furan rings is 2. The molecule has 0 aliphatic rings. The third kappa shape index (κ3) is 4.82. The second-order valence-corrected chi connectivity index (χ2v) is 13.7. The third-order valence-electron chi connectivity index (χ3n) is 10.6. The maximum Gasteiger partial charge on any atom is 0.143 e. The highest BCUT2D eigenvalue weighted by molar-refractivity contribution is 6.21. The first kappa shape index (κ1) is 29.6. The first-order chi connectivity index (χ1) is 26.2. The van der Waals surface area contributed by atoms with Gasteiger partial charge in [0.25, 0.3) is 0 Å². The van der Waals surface area contributed by atoms with Crippen LogP contribution in [0.3, 0.4) is 0 Å². The smallest absolute Gasteiger partial charge is 0.143 e. The van der Waals surface area contributed by atoms with Gasteiger partial charge in [-0.25, -0.2) is 0 Å². The van der Waals surface area contributed by atoms with Crippen LogP contribution in [0.15, 0.2) is 197 Å². The first-order valence-electron chi connectivity index (χ1n) is 18.0. The van der Waals surface area contributed by atoms with E-state index in [9.17, 15) is 0 Å². The van der Waals surface area contributed by atoms with Crippen LogP contribution in [0.5, 0.6) is 0 Å². The Labute approximate surface area is 305 Å². The highest BCUT2D eigenvalue weighted by atomic mass is 16.3. The number of benzene rings is 9. The van der Waals surface area contributed by atoms with E-state index in [1.54, 1.807) is 0 Å². The zero-order chi connectivity index (χ0) is 34.9. The fourth-order valence-electron chi connectivity index (χ4n) is 8.06. The van der Waals surface area contributed by atoms with Gasteiger partial charge in [-0.05, 0) is 105 Å². The zero-order valence-electron chi connectivity index (χ0n) is 28.7. The fraction of sp³-hybridized carbons (Fsp3) is 0. The molecule has 0 saturated heterocycles. The van der Waals surface area contributed by atoms with E-state index in [4.69, 9.17) is 8.83 Å². The predicted octanol–water partition coefficient (Wildman–Crippen LogP) is 14.6. The van der Waals surface area contributed by atoms with Crippen molar-refractivity contribution in [2.75, 3.05) is 4.90 Å². The van der Waals surface area contributed by atoms with E-state index in [0.717, 1.165) is 82.8 Å². The number of para-hydroxylation sites is 1. The lowest BCUT2D eigenvalue weighted by Crippen LogP contribution is -2.09. The monoisotopic (exact) mass is 677 g/mol. The minimum Gasteiger partial charge on any atom is -0.456 e. The molecule has 0 N–H and O–H groups in total. The van der Waals surface area contributed by atoms with Crippen LogP contribution < -0.4 is 4.90 Å². The summed E-state index contributed by atoms with van der Waals surface area (Å²) in [4.78, 5) is 2.34. The van der Waals surface area contributed by atoms with E-state index in [1.165, 1.54) is 21.9 Å². The SMILES string of the molecule is c1ccc(-c2cc3ccccc3c3oc4ccc(N(c5ccc(-c6ccc7ccccc7c6)cc5)c5ccc6oc7ccccc7c6c5)cc4c23)cc1. The first-order valence-corrected chi connectivity index (χ1v) is 18.0. The molecule has 11 rings (SSSR count). The highest BCUT2D eigenvalue weighted by Gasteiger charge is 2.20. The van der Waals surface area contributed by atoms with Crippen LogP contribution in [0.1, 0.15) is 0 Å². The number of hydrogen-bond acceptors (Lipinski definition) is 3. The number of nitrogens with zero attached hydrogens (tertiary/aromatic N) is 1. The molecule has 3 nitrogen and oxygen atoms in total. The molecule has 0 bridgehead atoms. The second kappa shape index (κ2) is 11.7. The lowest BCUT2D eigenvalue weighted by atomic mass is 9.95. The topological polar surface area (TPSA) is 29.5 Å². The van der Waals surface area contributed by atoms with Gasteiger partial charge < -0.3 is 13.7 Å². The Balaban J connectivity index is 1.13. The Kier molecular flexibility index (Phi) is 6.55. The van der Waals surface area contributed by atoms with Gasteiger partial charge in [-0.1, -0.05) is 121 Å². The molecule has 53 heavy (non-hydrogen) atoms. The second-order valence-electron chi connectivity index (χ2n) is 13.7. The Morgan fingerprint density at radius 3 is 1.74 bits per heavy atom. The van der Waals surface area contributed by atoms with Gasteiger partial charge in [-0.15, -0.1) is 0 Å². The Hall–Kier alpha value is -7.10. The average molecular weight is 678 g/mol. The molecule has 0 fully saturated rings. The molecule has 3 heteroatoms. The quantitative estimate of drug-likeness (QED) is 0.182. The van der Waals surface area contributed by atoms with Crippen LogP contribution in [0.2, 0.25) is 0 Å². The molecule has 0 amide bonds. The van der Waals surface area contributed by atoms with E-state index in [-0.39, 0.29) is 0 Å². The van der Waals surface area contributed by atoms with Gasteiger partial charge in [0.2, 0.25) is 0 Å². The summed E-state index contributed by atoms with van der Waals surface area (Å²) in [5.41, 5.74) is 11.4. The van der Waals surface area contributed by atoms with Gasteiger partial charge >= 0.3 is 0 Å². The van der Waals surface area contributed by atoms with Gasteiger partial charge in [0.1, 0.15) is 22.3 Å². The molecular formula is C50H31NO2. The van der Waals surface area contributed by atoms with E-state index < -0.39 is 0 Å². The van der Waals surface area contributed by atoms with E-state index >= 15 is 0 Å². The highest BCUT2D eigenvalue weighted by Crippen LogP contribution is 2.45. The minimum atomic E-state index is 0.861. The van der Waals surface area contributed by atoms with Crippen molar-refractivity contribution < 1.29 is 8.83 Å². The largest absolute Gasteiger partial charge is 0.456 e. The standard InChI is InChI=1S/C50H31NO2/c1-2-11-34(12-3-1)43-29-37-14-6-7-15-41(37)50-49(43)45-31-40(25-27-48(45)53-50)51(39-24-26-47-44(30-39)42-16-8-9-17-46(42)52-47)38-22-20-33(21-23-38)36-19-18-32-10-4-5-13-35(32)28-36/h1-31H. The molecule has 248 valence electrons. The molecule has 0 radical (unpaired) electrons. The van der Waals surface area contributed by atoms with Gasteiger partial charge in [-0.3, -0.25) is 0 Å². The molecule has 0 spiro atoms. The molecule has 2 aromatic heterocycles. The van der Waals surface area contributed by atoms with E-state index in [2.05, 4.69) is 181 Å². The molecule has 0 unspecified atom stereocenters. The van der Waals surface area contributed by atoms with Crippen molar-refractivity contribution >= 4 is 82.5 Å². The van der Waals surface area contributed by atoms with Crippen LogP contribution in [0.4, 0.5) is 17.1 Å². The van der Waals surface area contributed by atoms with Crippen molar-refractivity contribution in [1.82, 2.24) is 0 Å². The van der Waals surface area contributed by atoms with Crippen LogP contribution in [0, 0.1) is 0 Å². The number of rotatable bonds is 5. The Bertz CT molecular complexity index is 3170. The van der Waals surface area contributed by atoms with Gasteiger partial charge in [0.15, 0.2) is 0 Å². The average Bonchev–Trinajstić information content (AvgIpc) is 3.80. The maximum absolute atomic E-state index is 6.73. The van der Waals surface area contributed by atoms with Crippen LogP contribution in [-0.4, -0.2) is 0 Å². The Morgan fingerprint density at radius 1 is 0.321 bits per heavy atom. The molecule has 0 aliphatic heterocycles. The lowest BCUT2D eigenvalue weighted by molar-refractivity contribution is 0.669. The summed E-state index contributed by atoms with van der Waals surface area (Å²) in [7, 11) is 0. The lowest BCUT2D eigenvalue weighted by Gasteiger charge is -2.26. The van der Waals surface area contributed by atoms with Crippen molar-refractivity contribution in [3.63, 3.8) is 0 Å². The predicted molar refractivity (Wildman–Crippen MR) is 222 cm³/mol. The minimum absolute atomic E-state index is 0.861. The van der Waals surface area contributed by atoms with Gasteiger partial charge in [0, 0.05) is 44.0 Å². The molecule has 2 heterocycles. The summed E-state index contributed by atoms with van der Waals surface area (Å²) in [6.45, 7) is 0. The number of fused-ring (bicyclic) bond motifs is 9. The summed E-state index contributed by atoms with van der Waals surface area (Å²) in [5.74, 6) is 0. The summed E-state index contributed by atoms with van der Waals surface area (Å²) < 4.78 is 13.0. The number of anilines is 3.